The zero-order valence-corrected chi connectivity index (χ0v) is 16.3. The molecule has 0 fully saturated rings. The number of carbonyl (C=O) groups is 1. The first-order chi connectivity index (χ1) is 12.9. The lowest BCUT2D eigenvalue weighted by atomic mass is 10.1. The van der Waals surface area contributed by atoms with Crippen molar-refractivity contribution in [2.24, 2.45) is 0 Å². The molecule has 27 heavy (non-hydrogen) atoms. The van der Waals surface area contributed by atoms with E-state index < -0.39 is 15.9 Å². The fraction of sp³-hybridized carbons (Fsp3) is 0.300. The second-order valence-corrected chi connectivity index (χ2v) is 7.92. The summed E-state index contributed by atoms with van der Waals surface area (Å²) < 4.78 is 26.9. The first-order valence-electron chi connectivity index (χ1n) is 8.84. The van der Waals surface area contributed by atoms with Crippen molar-refractivity contribution in [2.45, 2.75) is 31.6 Å². The minimum Gasteiger partial charge on any atom is -0.321 e. The van der Waals surface area contributed by atoms with Crippen LogP contribution in [0.4, 0.5) is 5.69 Å². The summed E-state index contributed by atoms with van der Waals surface area (Å²) in [6.45, 7) is 4.69. The van der Waals surface area contributed by atoms with Crippen LogP contribution in [0.1, 0.15) is 42.6 Å². The zero-order valence-electron chi connectivity index (χ0n) is 15.5. The molecule has 0 saturated heterocycles. The Labute approximate surface area is 160 Å². The lowest BCUT2D eigenvalue weighted by Crippen LogP contribution is -2.31. The van der Waals surface area contributed by atoms with Crippen LogP contribution in [0.5, 0.6) is 0 Å². The van der Waals surface area contributed by atoms with E-state index in [2.05, 4.69) is 5.32 Å². The second kappa shape index (κ2) is 9.31. The first kappa shape index (κ1) is 20.6. The van der Waals surface area contributed by atoms with Gasteiger partial charge in [-0.25, -0.2) is 8.42 Å². The molecule has 0 unspecified atom stereocenters. The van der Waals surface area contributed by atoms with Crippen LogP contribution in [0, 0.1) is 11.3 Å². The third-order valence-electron chi connectivity index (χ3n) is 4.16. The summed E-state index contributed by atoms with van der Waals surface area (Å²) in [6, 6.07) is 14.5. The van der Waals surface area contributed by atoms with E-state index in [4.69, 9.17) is 5.26 Å². The fourth-order valence-electron chi connectivity index (χ4n) is 2.59. The summed E-state index contributed by atoms with van der Waals surface area (Å²) >= 11 is 0. The Balaban J connectivity index is 2.19. The molecule has 0 aliphatic rings. The maximum atomic E-state index is 12.7. The molecule has 0 saturated carbocycles. The molecule has 1 amide bonds. The predicted molar refractivity (Wildman–Crippen MR) is 105 cm³/mol. The van der Waals surface area contributed by atoms with E-state index >= 15 is 0 Å². The SMILES string of the molecule is CCCCN(CC)S(=O)(=O)c1ccc(C(=O)Nc2ccccc2C#N)cc1. The van der Waals surface area contributed by atoms with Crippen molar-refractivity contribution in [3.63, 3.8) is 0 Å². The van der Waals surface area contributed by atoms with Crippen LogP contribution in [0.3, 0.4) is 0 Å². The molecule has 6 nitrogen and oxygen atoms in total. The van der Waals surface area contributed by atoms with Crippen LogP contribution in [0.2, 0.25) is 0 Å². The first-order valence-corrected chi connectivity index (χ1v) is 10.3. The quantitative estimate of drug-likeness (QED) is 0.751. The van der Waals surface area contributed by atoms with Gasteiger partial charge in [-0.15, -0.1) is 0 Å². The van der Waals surface area contributed by atoms with Gasteiger partial charge in [0.15, 0.2) is 0 Å². The largest absolute Gasteiger partial charge is 0.321 e. The number of sulfonamides is 1. The maximum absolute atomic E-state index is 12.7. The van der Waals surface area contributed by atoms with Gasteiger partial charge in [0.25, 0.3) is 5.91 Å². The van der Waals surface area contributed by atoms with Gasteiger partial charge >= 0.3 is 0 Å². The maximum Gasteiger partial charge on any atom is 0.255 e. The Morgan fingerprint density at radius 1 is 1.11 bits per heavy atom. The molecular formula is C20H23N3O3S. The monoisotopic (exact) mass is 385 g/mol. The van der Waals surface area contributed by atoms with Crippen LogP contribution < -0.4 is 5.32 Å². The van der Waals surface area contributed by atoms with E-state index in [-0.39, 0.29) is 4.90 Å². The van der Waals surface area contributed by atoms with Crippen molar-refractivity contribution >= 4 is 21.6 Å². The van der Waals surface area contributed by atoms with Crippen LogP contribution in [0.25, 0.3) is 0 Å². The molecule has 0 radical (unpaired) electrons. The molecule has 7 heteroatoms. The van der Waals surface area contributed by atoms with Crippen molar-refractivity contribution in [3.8, 4) is 6.07 Å². The number of benzene rings is 2. The van der Waals surface area contributed by atoms with Gasteiger partial charge in [0, 0.05) is 18.7 Å². The summed E-state index contributed by atoms with van der Waals surface area (Å²) in [5, 5.41) is 11.8. The number of hydrogen-bond acceptors (Lipinski definition) is 4. The molecule has 142 valence electrons. The van der Waals surface area contributed by atoms with Gasteiger partial charge in [-0.3, -0.25) is 4.79 Å². The van der Waals surface area contributed by atoms with Gasteiger partial charge in [0.2, 0.25) is 10.0 Å². The Morgan fingerprint density at radius 3 is 2.37 bits per heavy atom. The average Bonchev–Trinajstić information content (AvgIpc) is 2.69. The number of carbonyl (C=O) groups excluding carboxylic acids is 1. The zero-order chi connectivity index (χ0) is 19.9. The summed E-state index contributed by atoms with van der Waals surface area (Å²) in [4.78, 5) is 12.6. The van der Waals surface area contributed by atoms with E-state index in [0.717, 1.165) is 12.8 Å². The van der Waals surface area contributed by atoms with Gasteiger partial charge in [0.05, 0.1) is 16.1 Å². The number of anilines is 1. The average molecular weight is 385 g/mol. The minimum atomic E-state index is -3.58. The van der Waals surface area contributed by atoms with E-state index in [1.807, 2.05) is 19.9 Å². The minimum absolute atomic E-state index is 0.162. The van der Waals surface area contributed by atoms with Crippen molar-refractivity contribution < 1.29 is 13.2 Å². The highest BCUT2D eigenvalue weighted by molar-refractivity contribution is 7.89. The molecule has 0 spiro atoms. The van der Waals surface area contributed by atoms with Gasteiger partial charge in [-0.2, -0.15) is 9.57 Å². The topological polar surface area (TPSA) is 90.3 Å². The summed E-state index contributed by atoms with van der Waals surface area (Å²) in [7, 11) is -3.58. The van der Waals surface area contributed by atoms with Crippen LogP contribution in [-0.2, 0) is 10.0 Å². The lowest BCUT2D eigenvalue weighted by molar-refractivity contribution is 0.102. The number of para-hydroxylation sites is 1. The van der Waals surface area contributed by atoms with Crippen molar-refractivity contribution in [2.75, 3.05) is 18.4 Å². The molecule has 1 N–H and O–H groups in total. The van der Waals surface area contributed by atoms with E-state index in [1.165, 1.54) is 28.6 Å². The summed E-state index contributed by atoms with van der Waals surface area (Å²) in [5.74, 6) is -0.403. The van der Waals surface area contributed by atoms with Crippen LogP contribution in [0.15, 0.2) is 53.4 Å². The van der Waals surface area contributed by atoms with Crippen LogP contribution >= 0.6 is 0 Å². The Bertz CT molecular complexity index is 932. The highest BCUT2D eigenvalue weighted by Crippen LogP contribution is 2.19. The second-order valence-electron chi connectivity index (χ2n) is 5.99. The third kappa shape index (κ3) is 4.94. The van der Waals surface area contributed by atoms with E-state index in [9.17, 15) is 13.2 Å². The lowest BCUT2D eigenvalue weighted by Gasteiger charge is -2.20. The van der Waals surface area contributed by atoms with Crippen LogP contribution in [-0.4, -0.2) is 31.7 Å². The molecule has 2 aromatic rings. The van der Waals surface area contributed by atoms with Gasteiger partial charge in [-0.1, -0.05) is 32.4 Å². The van der Waals surface area contributed by atoms with Gasteiger partial charge in [0.1, 0.15) is 6.07 Å². The molecule has 0 bridgehead atoms. The number of nitrogens with zero attached hydrogens (tertiary/aromatic N) is 2. The molecule has 0 aromatic heterocycles. The number of nitriles is 1. The molecule has 0 aliphatic carbocycles. The number of amides is 1. The van der Waals surface area contributed by atoms with Gasteiger partial charge < -0.3 is 5.32 Å². The van der Waals surface area contributed by atoms with Gasteiger partial charge in [-0.05, 0) is 42.8 Å². The highest BCUT2D eigenvalue weighted by atomic mass is 32.2. The predicted octanol–water partition coefficient (Wildman–Crippen LogP) is 3.62. The smallest absolute Gasteiger partial charge is 0.255 e. The Hall–Kier alpha value is -2.69. The number of rotatable bonds is 8. The standard InChI is InChI=1S/C20H23N3O3S/c1-3-5-14-23(4-2)27(25,26)18-12-10-16(11-13-18)20(24)22-19-9-7-6-8-17(19)15-21/h6-13H,3-5,14H2,1-2H3,(H,22,24). The molecule has 0 aliphatic heterocycles. The van der Waals surface area contributed by atoms with E-state index in [1.54, 1.807) is 24.3 Å². The number of unbranched alkanes of at least 4 members (excludes halogenated alkanes) is 1. The molecule has 0 atom stereocenters. The molecule has 0 heterocycles. The summed E-state index contributed by atoms with van der Waals surface area (Å²) in [6.07, 6.45) is 1.71. The molecule has 2 aromatic carbocycles. The number of hydrogen-bond donors (Lipinski definition) is 1. The Morgan fingerprint density at radius 2 is 1.78 bits per heavy atom. The normalized spacial score (nSPS) is 11.2. The van der Waals surface area contributed by atoms with Crippen molar-refractivity contribution in [3.05, 3.63) is 59.7 Å². The Kier molecular flexibility index (Phi) is 7.11. The molecule has 2 rings (SSSR count). The summed E-state index contributed by atoms with van der Waals surface area (Å²) in [5.41, 5.74) is 1.09. The van der Waals surface area contributed by atoms with E-state index in [0.29, 0.717) is 29.9 Å². The van der Waals surface area contributed by atoms with Crippen molar-refractivity contribution in [1.82, 2.24) is 4.31 Å². The number of nitrogens with one attached hydrogen (secondary N) is 1. The van der Waals surface area contributed by atoms with Crippen molar-refractivity contribution in [1.29, 1.82) is 5.26 Å². The third-order valence-corrected chi connectivity index (χ3v) is 6.15. The fourth-order valence-corrected chi connectivity index (χ4v) is 4.08. The molecular weight excluding hydrogens is 362 g/mol. The highest BCUT2D eigenvalue weighted by Gasteiger charge is 2.22.